The minimum absolute atomic E-state index is 0.0753. The van der Waals surface area contributed by atoms with Gasteiger partial charge in [-0.05, 0) is 62.6 Å². The summed E-state index contributed by atoms with van der Waals surface area (Å²) in [4.78, 5) is 2.01. The van der Waals surface area contributed by atoms with Crippen molar-refractivity contribution < 1.29 is 13.2 Å². The third-order valence-corrected chi connectivity index (χ3v) is 7.39. The minimum Gasteiger partial charge on any atom is -0.492 e. The summed E-state index contributed by atoms with van der Waals surface area (Å²) in [5, 5.41) is 4.13. The Morgan fingerprint density at radius 3 is 2.24 bits per heavy atom. The van der Waals surface area contributed by atoms with Gasteiger partial charge in [-0.3, -0.25) is 4.31 Å². The van der Waals surface area contributed by atoms with Gasteiger partial charge in [0, 0.05) is 24.7 Å². The van der Waals surface area contributed by atoms with Crippen molar-refractivity contribution in [1.29, 1.82) is 0 Å². The lowest BCUT2D eigenvalue weighted by Crippen LogP contribution is -2.37. The van der Waals surface area contributed by atoms with Crippen LogP contribution in [-0.2, 0) is 10.0 Å². The zero-order valence-electron chi connectivity index (χ0n) is 18.5. The van der Waals surface area contributed by atoms with Crippen molar-refractivity contribution >= 4 is 44.6 Å². The van der Waals surface area contributed by atoms with Crippen LogP contribution in [0, 0.1) is 0 Å². The van der Waals surface area contributed by atoms with Gasteiger partial charge in [-0.2, -0.15) is 0 Å². The van der Waals surface area contributed by atoms with E-state index in [0.29, 0.717) is 41.8 Å². The Bertz CT molecular complexity index is 1160. The number of rotatable bonds is 11. The maximum atomic E-state index is 13.6. The first kappa shape index (κ1) is 25.2. The molecule has 0 amide bonds. The molecule has 0 atom stereocenters. The third-order valence-electron chi connectivity index (χ3n) is 4.83. The Morgan fingerprint density at radius 2 is 1.55 bits per heavy atom. The number of sulfonamides is 1. The van der Waals surface area contributed by atoms with Gasteiger partial charge in [0.25, 0.3) is 10.0 Å². The predicted molar refractivity (Wildman–Crippen MR) is 136 cm³/mol. The number of hydrogen-bond donors (Lipinski definition) is 1. The van der Waals surface area contributed by atoms with Gasteiger partial charge in [-0.1, -0.05) is 47.5 Å². The Morgan fingerprint density at radius 1 is 0.879 bits per heavy atom. The second-order valence-corrected chi connectivity index (χ2v) is 10.2. The van der Waals surface area contributed by atoms with Crippen LogP contribution < -0.4 is 14.4 Å². The molecule has 0 saturated heterocycles. The van der Waals surface area contributed by atoms with Gasteiger partial charge >= 0.3 is 0 Å². The van der Waals surface area contributed by atoms with E-state index in [4.69, 9.17) is 27.9 Å². The number of para-hydroxylation sites is 2. The van der Waals surface area contributed by atoms with E-state index in [1.54, 1.807) is 48.5 Å². The van der Waals surface area contributed by atoms with Crippen molar-refractivity contribution in [3.8, 4) is 5.75 Å². The van der Waals surface area contributed by atoms with Crippen LogP contribution >= 0.6 is 23.2 Å². The van der Waals surface area contributed by atoms with E-state index in [1.165, 1.54) is 10.4 Å². The van der Waals surface area contributed by atoms with E-state index < -0.39 is 10.0 Å². The first-order valence-electron chi connectivity index (χ1n) is 10.4. The molecule has 0 spiro atoms. The highest BCUT2D eigenvalue weighted by molar-refractivity contribution is 7.93. The van der Waals surface area contributed by atoms with Crippen molar-refractivity contribution in [3.05, 3.63) is 82.8 Å². The fourth-order valence-electron chi connectivity index (χ4n) is 3.16. The van der Waals surface area contributed by atoms with Crippen LogP contribution in [0.25, 0.3) is 0 Å². The van der Waals surface area contributed by atoms with Gasteiger partial charge in [0.15, 0.2) is 0 Å². The standard InChI is InChI=1S/C24H27Cl2N3O3S/c1-28(2)16-17-29(33(30,31)24-10-6-3-7-21(24)26)23-9-5-4-8-22(23)27-15-18-32-20-13-11-19(25)12-14-20/h3-14,27H,15-18H2,1-2H3. The maximum absolute atomic E-state index is 13.6. The fraction of sp³-hybridized carbons (Fsp3) is 0.250. The number of hydrogen-bond acceptors (Lipinski definition) is 5. The summed E-state index contributed by atoms with van der Waals surface area (Å²) in [6.07, 6.45) is 0. The van der Waals surface area contributed by atoms with Crippen molar-refractivity contribution in [3.63, 3.8) is 0 Å². The minimum atomic E-state index is -3.89. The molecule has 6 nitrogen and oxygen atoms in total. The van der Waals surface area contributed by atoms with E-state index in [0.717, 1.165) is 0 Å². The van der Waals surface area contributed by atoms with Crippen molar-refractivity contribution in [2.24, 2.45) is 0 Å². The second-order valence-electron chi connectivity index (χ2n) is 7.56. The van der Waals surface area contributed by atoms with Crippen LogP contribution in [0.5, 0.6) is 5.75 Å². The van der Waals surface area contributed by atoms with E-state index in [-0.39, 0.29) is 16.5 Å². The SMILES string of the molecule is CN(C)CCN(c1ccccc1NCCOc1ccc(Cl)cc1)S(=O)(=O)c1ccccc1Cl. The number of anilines is 2. The van der Waals surface area contributed by atoms with Gasteiger partial charge in [0.05, 0.1) is 16.4 Å². The molecular weight excluding hydrogens is 481 g/mol. The number of nitrogens with one attached hydrogen (secondary N) is 1. The Labute approximate surface area is 205 Å². The quantitative estimate of drug-likeness (QED) is 0.359. The lowest BCUT2D eigenvalue weighted by molar-refractivity contribution is 0.333. The van der Waals surface area contributed by atoms with E-state index >= 15 is 0 Å². The topological polar surface area (TPSA) is 61.9 Å². The van der Waals surface area contributed by atoms with E-state index in [9.17, 15) is 8.42 Å². The molecule has 9 heteroatoms. The summed E-state index contributed by atoms with van der Waals surface area (Å²) in [6.45, 7) is 1.68. The molecule has 3 aromatic carbocycles. The van der Waals surface area contributed by atoms with Crippen LogP contribution in [0.1, 0.15) is 0 Å². The highest BCUT2D eigenvalue weighted by Gasteiger charge is 2.28. The van der Waals surface area contributed by atoms with Gasteiger partial charge in [0.1, 0.15) is 17.3 Å². The molecule has 0 aliphatic heterocycles. The molecule has 0 bridgehead atoms. The van der Waals surface area contributed by atoms with Crippen LogP contribution in [0.3, 0.4) is 0 Å². The molecule has 1 N–H and O–H groups in total. The van der Waals surface area contributed by atoms with Crippen LogP contribution in [0.4, 0.5) is 11.4 Å². The van der Waals surface area contributed by atoms with E-state index in [2.05, 4.69) is 5.32 Å². The van der Waals surface area contributed by atoms with Crippen molar-refractivity contribution in [1.82, 2.24) is 4.90 Å². The lowest BCUT2D eigenvalue weighted by Gasteiger charge is -2.28. The molecular formula is C24H27Cl2N3O3S. The average Bonchev–Trinajstić information content (AvgIpc) is 2.78. The highest BCUT2D eigenvalue weighted by atomic mass is 35.5. The predicted octanol–water partition coefficient (Wildman–Crippen LogP) is 5.24. The smallest absolute Gasteiger partial charge is 0.265 e. The molecule has 0 aromatic heterocycles. The van der Waals surface area contributed by atoms with Gasteiger partial charge in [0.2, 0.25) is 0 Å². The third kappa shape index (κ3) is 6.77. The Kier molecular flexibility index (Phi) is 8.86. The lowest BCUT2D eigenvalue weighted by atomic mass is 10.2. The van der Waals surface area contributed by atoms with Crippen LogP contribution in [0.2, 0.25) is 10.0 Å². The highest BCUT2D eigenvalue weighted by Crippen LogP contribution is 2.33. The zero-order valence-corrected chi connectivity index (χ0v) is 20.9. The largest absolute Gasteiger partial charge is 0.492 e. The molecule has 0 aliphatic rings. The van der Waals surface area contributed by atoms with Crippen LogP contribution in [-0.4, -0.2) is 53.7 Å². The number of halogens is 2. The molecule has 3 rings (SSSR count). The summed E-state index contributed by atoms with van der Waals surface area (Å²) >= 11 is 12.2. The average molecular weight is 508 g/mol. The first-order valence-corrected chi connectivity index (χ1v) is 12.6. The molecule has 176 valence electrons. The summed E-state index contributed by atoms with van der Waals surface area (Å²) < 4.78 is 34.4. The number of likely N-dealkylation sites (N-methyl/N-ethyl adjacent to an activating group) is 1. The summed E-state index contributed by atoms with van der Waals surface area (Å²) in [5.41, 5.74) is 1.23. The zero-order chi connectivity index (χ0) is 23.8. The molecule has 0 heterocycles. The normalized spacial score (nSPS) is 11.4. The maximum Gasteiger partial charge on any atom is 0.265 e. The van der Waals surface area contributed by atoms with Crippen molar-refractivity contribution in [2.75, 3.05) is 50.0 Å². The molecule has 3 aromatic rings. The number of benzene rings is 3. The Balaban J connectivity index is 1.82. The van der Waals surface area contributed by atoms with Gasteiger partial charge < -0.3 is 15.0 Å². The van der Waals surface area contributed by atoms with Gasteiger partial charge in [-0.15, -0.1) is 0 Å². The molecule has 0 unspecified atom stereocenters. The summed E-state index contributed by atoms with van der Waals surface area (Å²) in [5.74, 6) is 0.711. The second kappa shape index (κ2) is 11.6. The molecule has 0 saturated carbocycles. The first-order chi connectivity index (χ1) is 15.8. The molecule has 0 fully saturated rings. The molecule has 0 aliphatic carbocycles. The van der Waals surface area contributed by atoms with Crippen LogP contribution in [0.15, 0.2) is 77.7 Å². The van der Waals surface area contributed by atoms with Gasteiger partial charge in [-0.25, -0.2) is 8.42 Å². The Hall–Kier alpha value is -2.45. The number of nitrogens with zero attached hydrogens (tertiary/aromatic N) is 2. The van der Waals surface area contributed by atoms with Crippen molar-refractivity contribution in [2.45, 2.75) is 4.90 Å². The fourth-order valence-corrected chi connectivity index (χ4v) is 5.26. The summed E-state index contributed by atoms with van der Waals surface area (Å²) in [7, 11) is -0.0870. The van der Waals surface area contributed by atoms with E-state index in [1.807, 2.05) is 37.2 Å². The summed E-state index contributed by atoms with van der Waals surface area (Å²) in [6, 6.07) is 20.9. The molecule has 0 radical (unpaired) electrons. The molecule has 33 heavy (non-hydrogen) atoms. The number of ether oxygens (including phenoxy) is 1. The monoisotopic (exact) mass is 507 g/mol.